The van der Waals surface area contributed by atoms with Crippen molar-refractivity contribution in [1.82, 2.24) is 15.0 Å². The number of unbranched alkanes of at least 4 members (excludes halogenated alkanes) is 9. The molecular weight excluding hydrogens is 394 g/mol. The number of fused-ring (bicyclic) bond motifs is 1. The number of aromatic nitrogens is 3. The van der Waals surface area contributed by atoms with Gasteiger partial charge >= 0.3 is 0 Å². The molecule has 0 bridgehead atoms. The summed E-state index contributed by atoms with van der Waals surface area (Å²) in [5.74, 6) is 0.547. The number of benzene rings is 2. The van der Waals surface area contributed by atoms with Crippen LogP contribution in [-0.4, -0.2) is 26.7 Å². The van der Waals surface area contributed by atoms with Gasteiger partial charge in [-0.25, -0.2) is 0 Å². The third-order valence-electron chi connectivity index (χ3n) is 6.58. The maximum absolute atomic E-state index is 8.83. The lowest BCUT2D eigenvalue weighted by molar-refractivity contribution is 0.282. The highest BCUT2D eigenvalue weighted by Gasteiger charge is 2.17. The van der Waals surface area contributed by atoms with E-state index in [0.717, 1.165) is 29.6 Å². The summed E-state index contributed by atoms with van der Waals surface area (Å²) in [5.41, 5.74) is 5.65. The van der Waals surface area contributed by atoms with Gasteiger partial charge in [-0.2, -0.15) is 4.80 Å². The largest absolute Gasteiger partial charge is 0.396 e. The summed E-state index contributed by atoms with van der Waals surface area (Å²) in [6.45, 7) is 4.79. The molecule has 0 saturated heterocycles. The summed E-state index contributed by atoms with van der Waals surface area (Å²) in [6.07, 6.45) is 15.1. The molecule has 174 valence electrons. The van der Waals surface area contributed by atoms with Crippen molar-refractivity contribution in [3.8, 4) is 5.69 Å². The third-order valence-corrected chi connectivity index (χ3v) is 6.58. The number of hydrogen-bond donors (Lipinski definition) is 1. The van der Waals surface area contributed by atoms with E-state index in [1.54, 1.807) is 0 Å². The summed E-state index contributed by atoms with van der Waals surface area (Å²) in [6, 6.07) is 14.9. The maximum Gasteiger partial charge on any atom is 0.113 e. The van der Waals surface area contributed by atoms with E-state index in [2.05, 4.69) is 32.0 Å². The fourth-order valence-electron chi connectivity index (χ4n) is 4.64. The van der Waals surface area contributed by atoms with Gasteiger partial charge in [-0.1, -0.05) is 89.0 Å². The van der Waals surface area contributed by atoms with Crippen LogP contribution in [0.25, 0.3) is 16.7 Å². The zero-order valence-electron chi connectivity index (χ0n) is 20.1. The Morgan fingerprint density at radius 1 is 0.781 bits per heavy atom. The van der Waals surface area contributed by atoms with E-state index < -0.39 is 0 Å². The fourth-order valence-corrected chi connectivity index (χ4v) is 4.64. The average Bonchev–Trinajstić information content (AvgIpc) is 3.24. The molecule has 4 nitrogen and oxygen atoms in total. The lowest BCUT2D eigenvalue weighted by Crippen LogP contribution is -2.08. The Bertz CT molecular complexity index is 900. The minimum Gasteiger partial charge on any atom is -0.396 e. The van der Waals surface area contributed by atoms with Crippen LogP contribution in [0.5, 0.6) is 0 Å². The Labute approximate surface area is 194 Å². The molecule has 3 aromatic rings. The van der Waals surface area contributed by atoms with Crippen LogP contribution in [-0.2, 0) is 0 Å². The van der Waals surface area contributed by atoms with Crippen molar-refractivity contribution in [2.24, 2.45) is 0 Å². The molecule has 1 N–H and O–H groups in total. The lowest BCUT2D eigenvalue weighted by atomic mass is 9.89. The van der Waals surface area contributed by atoms with Crippen LogP contribution in [0.4, 0.5) is 0 Å². The minimum atomic E-state index is 0.345. The average molecular weight is 436 g/mol. The highest BCUT2D eigenvalue weighted by molar-refractivity contribution is 5.73. The summed E-state index contributed by atoms with van der Waals surface area (Å²) in [4.78, 5) is 1.84. The summed E-state index contributed by atoms with van der Waals surface area (Å²) < 4.78 is 0. The van der Waals surface area contributed by atoms with E-state index in [-0.39, 0.29) is 0 Å². The highest BCUT2D eigenvalue weighted by Crippen LogP contribution is 2.31. The zero-order valence-corrected chi connectivity index (χ0v) is 20.1. The van der Waals surface area contributed by atoms with Gasteiger partial charge in [-0.15, -0.1) is 10.2 Å². The fraction of sp³-hybridized carbons (Fsp3) is 0.571. The van der Waals surface area contributed by atoms with Crippen LogP contribution in [0.1, 0.15) is 101 Å². The Morgan fingerprint density at radius 2 is 1.34 bits per heavy atom. The molecule has 0 aliphatic heterocycles. The van der Waals surface area contributed by atoms with Gasteiger partial charge < -0.3 is 5.11 Å². The molecule has 1 unspecified atom stereocenters. The molecule has 3 rings (SSSR count). The molecule has 1 atom stereocenters. The summed E-state index contributed by atoms with van der Waals surface area (Å²) >= 11 is 0. The minimum absolute atomic E-state index is 0.345. The Balaban J connectivity index is 1.50. The molecule has 0 aliphatic rings. The van der Waals surface area contributed by atoms with Crippen molar-refractivity contribution in [2.45, 2.75) is 96.8 Å². The lowest BCUT2D eigenvalue weighted by Gasteiger charge is -2.19. The molecule has 0 spiro atoms. The van der Waals surface area contributed by atoms with E-state index in [9.17, 15) is 0 Å². The molecule has 4 heteroatoms. The number of aliphatic hydroxyl groups excluding tert-OH is 1. The number of rotatable bonds is 15. The first kappa shape index (κ1) is 24.4. The van der Waals surface area contributed by atoms with Crippen molar-refractivity contribution >= 4 is 11.0 Å². The van der Waals surface area contributed by atoms with E-state index >= 15 is 0 Å². The first-order valence-corrected chi connectivity index (χ1v) is 12.8. The monoisotopic (exact) mass is 435 g/mol. The second-order valence-corrected chi connectivity index (χ2v) is 9.19. The molecule has 0 fully saturated rings. The van der Waals surface area contributed by atoms with Crippen molar-refractivity contribution in [3.63, 3.8) is 0 Å². The predicted molar refractivity (Wildman–Crippen MR) is 135 cm³/mol. The molecule has 0 radical (unpaired) electrons. The standard InChI is InChI=1S/C28H41N3O/c1-3-24(16-12-10-8-6-4-5-7-9-11-15-21-32)25-20-19-23(2)22-28(25)31-29-26-17-13-14-18-27(26)30-31/h13-14,17-20,22,24,32H,3-12,15-16,21H2,1-2H3. The molecule has 1 heterocycles. The van der Waals surface area contributed by atoms with Gasteiger partial charge in [0.2, 0.25) is 0 Å². The molecule has 2 aromatic carbocycles. The Kier molecular flexibility index (Phi) is 10.2. The smallest absolute Gasteiger partial charge is 0.113 e. The van der Waals surface area contributed by atoms with Gasteiger partial charge in [-0.3, -0.25) is 0 Å². The number of aliphatic hydroxyl groups is 1. The van der Waals surface area contributed by atoms with Crippen LogP contribution in [0, 0.1) is 6.92 Å². The van der Waals surface area contributed by atoms with Crippen LogP contribution < -0.4 is 0 Å². The van der Waals surface area contributed by atoms with E-state index in [1.165, 1.54) is 75.3 Å². The Morgan fingerprint density at radius 3 is 1.91 bits per heavy atom. The quantitative estimate of drug-likeness (QED) is 0.251. The van der Waals surface area contributed by atoms with Gasteiger partial charge in [0, 0.05) is 6.61 Å². The second kappa shape index (κ2) is 13.4. The van der Waals surface area contributed by atoms with Crippen molar-refractivity contribution in [3.05, 3.63) is 53.6 Å². The number of aryl methyl sites for hydroxylation is 1. The van der Waals surface area contributed by atoms with Gasteiger partial charge in [0.1, 0.15) is 11.0 Å². The zero-order chi connectivity index (χ0) is 22.6. The van der Waals surface area contributed by atoms with Gasteiger partial charge in [0.05, 0.1) is 5.69 Å². The van der Waals surface area contributed by atoms with Crippen LogP contribution in [0.15, 0.2) is 42.5 Å². The van der Waals surface area contributed by atoms with Crippen LogP contribution in [0.3, 0.4) is 0 Å². The maximum atomic E-state index is 8.83. The highest BCUT2D eigenvalue weighted by atomic mass is 16.2. The van der Waals surface area contributed by atoms with E-state index in [1.807, 2.05) is 29.1 Å². The first-order chi connectivity index (χ1) is 15.7. The molecular formula is C28H41N3O. The van der Waals surface area contributed by atoms with E-state index in [0.29, 0.717) is 12.5 Å². The van der Waals surface area contributed by atoms with Crippen LogP contribution >= 0.6 is 0 Å². The first-order valence-electron chi connectivity index (χ1n) is 12.8. The normalized spacial score (nSPS) is 12.5. The second-order valence-electron chi connectivity index (χ2n) is 9.19. The number of hydrogen-bond acceptors (Lipinski definition) is 3. The van der Waals surface area contributed by atoms with E-state index in [4.69, 9.17) is 15.3 Å². The molecule has 1 aromatic heterocycles. The predicted octanol–water partition coefficient (Wildman–Crippen LogP) is 7.51. The topological polar surface area (TPSA) is 50.9 Å². The number of nitrogens with zero attached hydrogens (tertiary/aromatic N) is 3. The molecule has 0 aliphatic carbocycles. The van der Waals surface area contributed by atoms with Gasteiger partial charge in [-0.05, 0) is 61.4 Å². The Hall–Kier alpha value is -2.20. The summed E-state index contributed by atoms with van der Waals surface area (Å²) in [5, 5.41) is 18.3. The van der Waals surface area contributed by atoms with Crippen molar-refractivity contribution < 1.29 is 5.11 Å². The summed E-state index contributed by atoms with van der Waals surface area (Å²) in [7, 11) is 0. The third kappa shape index (κ3) is 7.16. The SMILES string of the molecule is CCC(CCCCCCCCCCCCO)c1ccc(C)cc1-n1nc2ccccc2n1. The molecule has 0 amide bonds. The van der Waals surface area contributed by atoms with Crippen LogP contribution in [0.2, 0.25) is 0 Å². The van der Waals surface area contributed by atoms with Gasteiger partial charge in [0.15, 0.2) is 0 Å². The van der Waals surface area contributed by atoms with Crippen molar-refractivity contribution in [1.29, 1.82) is 0 Å². The molecule has 32 heavy (non-hydrogen) atoms. The van der Waals surface area contributed by atoms with Gasteiger partial charge in [0.25, 0.3) is 0 Å². The molecule has 0 saturated carbocycles. The van der Waals surface area contributed by atoms with Crippen molar-refractivity contribution in [2.75, 3.05) is 6.61 Å².